The lowest BCUT2D eigenvalue weighted by Crippen LogP contribution is -2.11. The van der Waals surface area contributed by atoms with Crippen LogP contribution < -0.4 is 0 Å². The van der Waals surface area contributed by atoms with Gasteiger partial charge in [0.1, 0.15) is 0 Å². The highest BCUT2D eigenvalue weighted by Gasteiger charge is 2.15. The predicted octanol–water partition coefficient (Wildman–Crippen LogP) is 6.16. The van der Waals surface area contributed by atoms with Crippen LogP contribution in [0.25, 0.3) is 0 Å². The lowest BCUT2D eigenvalue weighted by atomic mass is 9.86. The van der Waals surface area contributed by atoms with E-state index in [1.165, 1.54) is 5.57 Å². The summed E-state index contributed by atoms with van der Waals surface area (Å²) in [6, 6.07) is 0.328. The van der Waals surface area contributed by atoms with Gasteiger partial charge in [0.25, 0.3) is 0 Å². The molecule has 1 atom stereocenters. The second kappa shape index (κ2) is 9.55. The van der Waals surface area contributed by atoms with E-state index in [1.54, 1.807) is 0 Å². The molecule has 0 radical (unpaired) electrons. The molecule has 0 amide bonds. The second-order valence-electron chi connectivity index (χ2n) is 7.20. The molecule has 0 aliphatic rings. The first-order chi connectivity index (χ1) is 10.1. The summed E-state index contributed by atoms with van der Waals surface area (Å²) in [5.41, 5.74) is 4.44. The molecule has 0 aliphatic heterocycles. The van der Waals surface area contributed by atoms with E-state index in [-0.39, 0.29) is 5.41 Å². The summed E-state index contributed by atoms with van der Waals surface area (Å²) in [5, 5.41) is 0. The van der Waals surface area contributed by atoms with E-state index in [9.17, 15) is 0 Å². The van der Waals surface area contributed by atoms with Crippen LogP contribution in [-0.2, 0) is 0 Å². The molecule has 0 saturated carbocycles. The SMILES string of the molecule is C=C(C)/N=C(\C=C/C)C(/C=N\C(C)CC)=C(/C)CC(C)(C)C. The Hall–Kier alpha value is -1.44. The molecule has 0 aromatic heterocycles. The monoisotopic (exact) mass is 302 g/mol. The van der Waals surface area contributed by atoms with Gasteiger partial charge in [-0.2, -0.15) is 0 Å². The Morgan fingerprint density at radius 3 is 2.23 bits per heavy atom. The number of aliphatic imine (C=N–C) groups is 2. The molecular formula is C20H34N2. The van der Waals surface area contributed by atoms with Crippen molar-refractivity contribution in [1.82, 2.24) is 0 Å². The van der Waals surface area contributed by atoms with Crippen LogP contribution in [0.5, 0.6) is 0 Å². The topological polar surface area (TPSA) is 24.7 Å². The first-order valence-electron chi connectivity index (χ1n) is 8.21. The largest absolute Gasteiger partial charge is 0.289 e. The van der Waals surface area contributed by atoms with Crippen molar-refractivity contribution in [3.63, 3.8) is 0 Å². The molecule has 2 nitrogen and oxygen atoms in total. The van der Waals surface area contributed by atoms with E-state index in [0.29, 0.717) is 6.04 Å². The first-order valence-corrected chi connectivity index (χ1v) is 8.21. The molecule has 124 valence electrons. The minimum absolute atomic E-state index is 0.240. The molecule has 1 unspecified atom stereocenters. The highest BCUT2D eigenvalue weighted by atomic mass is 14.8. The minimum atomic E-state index is 0.240. The fraction of sp³-hybridized carbons (Fsp3) is 0.600. The van der Waals surface area contributed by atoms with E-state index in [4.69, 9.17) is 0 Å². The number of rotatable bonds is 7. The van der Waals surface area contributed by atoms with Gasteiger partial charge in [-0.15, -0.1) is 0 Å². The number of nitrogens with zero attached hydrogens (tertiary/aromatic N) is 2. The summed E-state index contributed by atoms with van der Waals surface area (Å²) in [6.45, 7) is 21.1. The van der Waals surface area contributed by atoms with E-state index < -0.39 is 0 Å². The fourth-order valence-electron chi connectivity index (χ4n) is 2.14. The van der Waals surface area contributed by atoms with Gasteiger partial charge in [-0.05, 0) is 52.0 Å². The number of allylic oxidation sites excluding steroid dienone is 5. The normalized spacial score (nSPS) is 16.3. The van der Waals surface area contributed by atoms with Gasteiger partial charge in [-0.25, -0.2) is 0 Å². The van der Waals surface area contributed by atoms with Gasteiger partial charge < -0.3 is 0 Å². The van der Waals surface area contributed by atoms with Crippen molar-refractivity contribution in [1.29, 1.82) is 0 Å². The molecule has 0 heterocycles. The third-order valence-electron chi connectivity index (χ3n) is 3.22. The zero-order valence-corrected chi connectivity index (χ0v) is 15.8. The molecule has 0 fully saturated rings. The molecule has 0 spiro atoms. The maximum absolute atomic E-state index is 4.68. The van der Waals surface area contributed by atoms with E-state index >= 15 is 0 Å². The lowest BCUT2D eigenvalue weighted by molar-refractivity contribution is 0.409. The molecule has 0 aromatic carbocycles. The highest BCUT2D eigenvalue weighted by molar-refractivity contribution is 6.22. The summed E-state index contributed by atoms with van der Waals surface area (Å²) in [4.78, 5) is 9.29. The van der Waals surface area contributed by atoms with Crippen LogP contribution >= 0.6 is 0 Å². The Balaban J connectivity index is 5.91. The second-order valence-corrected chi connectivity index (χ2v) is 7.20. The molecule has 22 heavy (non-hydrogen) atoms. The van der Waals surface area contributed by atoms with E-state index in [2.05, 4.69) is 58.1 Å². The Bertz CT molecular complexity index is 482. The molecule has 2 heteroatoms. The van der Waals surface area contributed by atoms with Crippen LogP contribution in [0.4, 0.5) is 0 Å². The third kappa shape index (κ3) is 8.76. The molecule has 0 aliphatic carbocycles. The lowest BCUT2D eigenvalue weighted by Gasteiger charge is -2.20. The Labute approximate surface area is 137 Å². The Morgan fingerprint density at radius 2 is 1.82 bits per heavy atom. The molecule has 0 rings (SSSR count). The summed E-state index contributed by atoms with van der Waals surface area (Å²) >= 11 is 0. The van der Waals surface area contributed by atoms with Crippen molar-refractivity contribution >= 4 is 11.9 Å². The van der Waals surface area contributed by atoms with Crippen LogP contribution in [0.1, 0.15) is 68.2 Å². The van der Waals surface area contributed by atoms with Gasteiger partial charge in [-0.1, -0.05) is 45.9 Å². The molecule has 0 saturated heterocycles. The molecule has 0 aromatic rings. The third-order valence-corrected chi connectivity index (χ3v) is 3.22. The summed E-state index contributed by atoms with van der Waals surface area (Å²) in [5.74, 6) is 0. The van der Waals surface area contributed by atoms with Gasteiger partial charge in [0.2, 0.25) is 0 Å². The van der Waals surface area contributed by atoms with Crippen molar-refractivity contribution in [2.24, 2.45) is 15.4 Å². The van der Waals surface area contributed by atoms with Crippen LogP contribution in [0.2, 0.25) is 0 Å². The Kier molecular flexibility index (Phi) is 8.93. The number of hydrogen-bond acceptors (Lipinski definition) is 2. The van der Waals surface area contributed by atoms with Crippen LogP contribution in [0, 0.1) is 5.41 Å². The zero-order valence-electron chi connectivity index (χ0n) is 15.8. The Morgan fingerprint density at radius 1 is 1.23 bits per heavy atom. The van der Waals surface area contributed by atoms with Crippen molar-refractivity contribution in [3.8, 4) is 0 Å². The molecule has 0 N–H and O–H groups in total. The van der Waals surface area contributed by atoms with Gasteiger partial charge in [0.15, 0.2) is 0 Å². The predicted molar refractivity (Wildman–Crippen MR) is 102 cm³/mol. The highest BCUT2D eigenvalue weighted by Crippen LogP contribution is 2.26. The van der Waals surface area contributed by atoms with Gasteiger partial charge in [0, 0.05) is 23.5 Å². The van der Waals surface area contributed by atoms with Gasteiger partial charge >= 0.3 is 0 Å². The van der Waals surface area contributed by atoms with Gasteiger partial charge in [-0.3, -0.25) is 9.98 Å². The van der Waals surface area contributed by atoms with Crippen molar-refractivity contribution in [2.75, 3.05) is 0 Å². The maximum Gasteiger partial charge on any atom is 0.0716 e. The average molecular weight is 303 g/mol. The first kappa shape index (κ1) is 20.6. The molecular weight excluding hydrogens is 268 g/mol. The summed E-state index contributed by atoms with van der Waals surface area (Å²) in [6.07, 6.45) is 8.11. The van der Waals surface area contributed by atoms with Crippen molar-refractivity contribution in [3.05, 3.63) is 35.6 Å². The fourth-order valence-corrected chi connectivity index (χ4v) is 2.14. The van der Waals surface area contributed by atoms with Crippen LogP contribution in [0.3, 0.4) is 0 Å². The van der Waals surface area contributed by atoms with Crippen LogP contribution in [0.15, 0.2) is 45.6 Å². The van der Waals surface area contributed by atoms with E-state index in [0.717, 1.165) is 29.8 Å². The summed E-state index contributed by atoms with van der Waals surface area (Å²) < 4.78 is 0. The average Bonchev–Trinajstić information content (AvgIpc) is 2.35. The molecule has 0 bridgehead atoms. The standard InChI is InChI=1S/C20H34N2/c1-10-12-19(22-15(3)4)18(14-21-17(6)11-2)16(5)13-20(7,8)9/h10,12,14,17H,3,11,13H2,1-2,4-9H3/b12-10-,18-16-,21-14-,22-19+. The van der Waals surface area contributed by atoms with Crippen molar-refractivity contribution < 1.29 is 0 Å². The quantitative estimate of drug-likeness (QED) is 0.503. The smallest absolute Gasteiger partial charge is 0.0716 e. The van der Waals surface area contributed by atoms with E-state index in [1.807, 2.05) is 32.2 Å². The minimum Gasteiger partial charge on any atom is -0.289 e. The number of hydrogen-bond donors (Lipinski definition) is 0. The van der Waals surface area contributed by atoms with Crippen LogP contribution in [-0.4, -0.2) is 18.0 Å². The maximum atomic E-state index is 4.68. The summed E-state index contributed by atoms with van der Waals surface area (Å²) in [7, 11) is 0. The van der Waals surface area contributed by atoms with Crippen molar-refractivity contribution in [2.45, 2.75) is 74.3 Å². The zero-order chi connectivity index (χ0) is 17.3. The van der Waals surface area contributed by atoms with Gasteiger partial charge in [0.05, 0.1) is 5.71 Å².